The maximum atomic E-state index is 12.6. The predicted octanol–water partition coefficient (Wildman–Crippen LogP) is 0.953. The van der Waals surface area contributed by atoms with Crippen LogP contribution in [0.5, 0.6) is 5.75 Å². The third kappa shape index (κ3) is 2.85. The number of nitrogens with one attached hydrogen (secondary N) is 1. The second-order valence-electron chi connectivity index (χ2n) is 5.42. The van der Waals surface area contributed by atoms with Gasteiger partial charge in [-0.2, -0.15) is 4.52 Å². The van der Waals surface area contributed by atoms with Crippen molar-refractivity contribution in [2.24, 2.45) is 0 Å². The van der Waals surface area contributed by atoms with Gasteiger partial charge < -0.3 is 9.84 Å². The molecule has 0 atom stereocenters. The Morgan fingerprint density at radius 2 is 2.00 bits per heavy atom. The van der Waals surface area contributed by atoms with Gasteiger partial charge >= 0.3 is 5.97 Å². The lowest BCUT2D eigenvalue weighted by molar-refractivity contribution is -0.136. The number of carboxylic acids is 1. The number of aliphatic carboxylic acids is 1. The van der Waals surface area contributed by atoms with Crippen LogP contribution in [0.1, 0.15) is 22.5 Å². The molecular weight excluding hydrogens is 312 g/mol. The van der Waals surface area contributed by atoms with Crippen molar-refractivity contribution >= 4 is 11.6 Å². The first-order valence-electron chi connectivity index (χ1n) is 7.30. The van der Waals surface area contributed by atoms with Gasteiger partial charge in [-0.3, -0.25) is 14.7 Å². The van der Waals surface area contributed by atoms with Crippen LogP contribution in [0.2, 0.25) is 0 Å². The minimum absolute atomic E-state index is 0.217. The van der Waals surface area contributed by atoms with E-state index in [1.54, 1.807) is 14.0 Å². The summed E-state index contributed by atoms with van der Waals surface area (Å²) in [5.74, 6) is -0.258. The maximum Gasteiger partial charge on any atom is 0.308 e. The fraction of sp³-hybridized carbons (Fsp3) is 0.250. The molecule has 2 heterocycles. The third-order valence-corrected chi connectivity index (χ3v) is 3.79. The standard InChI is InChI=1S/C16H16N4O4/c1-9-12(8-14(21)22)15-18-17-13(16(23)20(15)19-9)7-10-3-5-11(24-2)6-4-10/h3-6,19H,7-8H2,1-2H3,(H,21,22). The molecule has 2 N–H and O–H groups in total. The molecule has 2 aromatic heterocycles. The molecule has 0 aliphatic heterocycles. The Morgan fingerprint density at radius 3 is 2.62 bits per heavy atom. The van der Waals surface area contributed by atoms with Gasteiger partial charge in [-0.1, -0.05) is 12.1 Å². The van der Waals surface area contributed by atoms with Crippen molar-refractivity contribution in [2.45, 2.75) is 19.8 Å². The van der Waals surface area contributed by atoms with E-state index in [0.717, 1.165) is 11.3 Å². The van der Waals surface area contributed by atoms with E-state index in [1.165, 1.54) is 4.52 Å². The van der Waals surface area contributed by atoms with Crippen molar-refractivity contribution in [3.05, 3.63) is 57.1 Å². The number of nitrogens with zero attached hydrogens (tertiary/aromatic N) is 3. The van der Waals surface area contributed by atoms with Crippen LogP contribution < -0.4 is 10.3 Å². The van der Waals surface area contributed by atoms with E-state index in [-0.39, 0.29) is 23.3 Å². The number of rotatable bonds is 5. The van der Waals surface area contributed by atoms with Gasteiger partial charge in [0, 0.05) is 17.7 Å². The first-order valence-corrected chi connectivity index (χ1v) is 7.30. The zero-order valence-corrected chi connectivity index (χ0v) is 13.2. The quantitative estimate of drug-likeness (QED) is 0.722. The van der Waals surface area contributed by atoms with E-state index in [4.69, 9.17) is 9.84 Å². The Hall–Kier alpha value is -3.16. The molecule has 8 nitrogen and oxygen atoms in total. The molecule has 0 aliphatic carbocycles. The smallest absolute Gasteiger partial charge is 0.308 e. The van der Waals surface area contributed by atoms with Crippen molar-refractivity contribution in [1.29, 1.82) is 0 Å². The van der Waals surface area contributed by atoms with Crippen LogP contribution in [0.25, 0.3) is 5.65 Å². The Bertz CT molecular complexity index is 957. The summed E-state index contributed by atoms with van der Waals surface area (Å²) in [6.45, 7) is 1.70. The predicted molar refractivity (Wildman–Crippen MR) is 85.5 cm³/mol. The van der Waals surface area contributed by atoms with Crippen LogP contribution in [0, 0.1) is 6.92 Å². The van der Waals surface area contributed by atoms with Crippen molar-refractivity contribution in [3.8, 4) is 5.75 Å². The molecule has 0 amide bonds. The van der Waals surface area contributed by atoms with Gasteiger partial charge in [-0.05, 0) is 24.6 Å². The van der Waals surface area contributed by atoms with E-state index in [0.29, 0.717) is 17.7 Å². The van der Waals surface area contributed by atoms with Crippen LogP contribution >= 0.6 is 0 Å². The minimum atomic E-state index is -0.990. The highest BCUT2D eigenvalue weighted by atomic mass is 16.5. The van der Waals surface area contributed by atoms with Crippen molar-refractivity contribution < 1.29 is 14.6 Å². The van der Waals surface area contributed by atoms with Crippen molar-refractivity contribution in [3.63, 3.8) is 0 Å². The average Bonchev–Trinajstić information content (AvgIpc) is 2.87. The highest BCUT2D eigenvalue weighted by Crippen LogP contribution is 2.14. The van der Waals surface area contributed by atoms with Crippen LogP contribution in [0.3, 0.4) is 0 Å². The fourth-order valence-corrected chi connectivity index (χ4v) is 2.53. The summed E-state index contributed by atoms with van der Waals surface area (Å²) in [7, 11) is 1.59. The van der Waals surface area contributed by atoms with Gasteiger partial charge in [-0.25, -0.2) is 0 Å². The Kier molecular flexibility index (Phi) is 4.03. The highest BCUT2D eigenvalue weighted by Gasteiger charge is 2.17. The molecular formula is C16H16N4O4. The lowest BCUT2D eigenvalue weighted by Gasteiger charge is -2.03. The van der Waals surface area contributed by atoms with Gasteiger partial charge in [0.2, 0.25) is 0 Å². The number of benzene rings is 1. The topological polar surface area (TPSA) is 110 Å². The Morgan fingerprint density at radius 1 is 1.29 bits per heavy atom. The van der Waals surface area contributed by atoms with Crippen molar-refractivity contribution in [2.75, 3.05) is 7.11 Å². The summed E-state index contributed by atoms with van der Waals surface area (Å²) in [6, 6.07) is 7.32. The zero-order chi connectivity index (χ0) is 17.3. The lowest BCUT2D eigenvalue weighted by Crippen LogP contribution is -2.22. The molecule has 3 rings (SSSR count). The highest BCUT2D eigenvalue weighted by molar-refractivity contribution is 5.73. The fourth-order valence-electron chi connectivity index (χ4n) is 2.53. The van der Waals surface area contributed by atoms with Gasteiger partial charge in [0.1, 0.15) is 11.4 Å². The van der Waals surface area contributed by atoms with E-state index in [1.807, 2.05) is 24.3 Å². The second kappa shape index (κ2) is 6.15. The Labute approximate surface area is 136 Å². The van der Waals surface area contributed by atoms with E-state index in [9.17, 15) is 9.59 Å². The molecule has 0 radical (unpaired) electrons. The molecule has 0 spiro atoms. The van der Waals surface area contributed by atoms with Crippen molar-refractivity contribution in [1.82, 2.24) is 19.8 Å². The molecule has 3 aromatic rings. The number of carboxylic acid groups (broad SMARTS) is 1. The first-order chi connectivity index (χ1) is 11.5. The maximum absolute atomic E-state index is 12.6. The number of fused-ring (bicyclic) bond motifs is 1. The number of aryl methyl sites for hydroxylation is 1. The minimum Gasteiger partial charge on any atom is -0.497 e. The normalized spacial score (nSPS) is 10.9. The SMILES string of the molecule is COc1ccc(Cc2nnc3c(CC(=O)O)c(C)[nH]n3c2=O)cc1. The summed E-state index contributed by atoms with van der Waals surface area (Å²) in [5, 5.41) is 19.9. The zero-order valence-electron chi connectivity index (χ0n) is 13.2. The average molecular weight is 328 g/mol. The van der Waals surface area contributed by atoms with Crippen LogP contribution in [0.4, 0.5) is 0 Å². The molecule has 124 valence electrons. The lowest BCUT2D eigenvalue weighted by atomic mass is 10.1. The third-order valence-electron chi connectivity index (χ3n) is 3.79. The molecule has 8 heteroatoms. The van der Waals surface area contributed by atoms with Gasteiger partial charge in [-0.15, -0.1) is 10.2 Å². The summed E-state index contributed by atoms with van der Waals surface area (Å²) < 4.78 is 6.35. The van der Waals surface area contributed by atoms with Crippen LogP contribution in [-0.2, 0) is 17.6 Å². The number of methoxy groups -OCH3 is 1. The number of hydrogen-bond acceptors (Lipinski definition) is 5. The number of ether oxygens (including phenoxy) is 1. The second-order valence-corrected chi connectivity index (χ2v) is 5.42. The molecule has 0 unspecified atom stereocenters. The van der Waals surface area contributed by atoms with E-state index >= 15 is 0 Å². The molecule has 0 saturated carbocycles. The number of aromatic nitrogens is 4. The van der Waals surface area contributed by atoms with Gasteiger partial charge in [0.25, 0.3) is 5.56 Å². The molecule has 24 heavy (non-hydrogen) atoms. The van der Waals surface area contributed by atoms with Crippen LogP contribution in [-0.4, -0.2) is 38.0 Å². The summed E-state index contributed by atoms with van der Waals surface area (Å²) >= 11 is 0. The Balaban J connectivity index is 1.99. The molecule has 1 aromatic carbocycles. The number of aromatic amines is 1. The summed E-state index contributed by atoms with van der Waals surface area (Å²) in [6.07, 6.45) is 0.107. The summed E-state index contributed by atoms with van der Waals surface area (Å²) in [4.78, 5) is 23.5. The van der Waals surface area contributed by atoms with E-state index in [2.05, 4.69) is 15.3 Å². The molecule has 0 fully saturated rings. The number of hydrogen-bond donors (Lipinski definition) is 2. The molecule has 0 saturated heterocycles. The monoisotopic (exact) mass is 328 g/mol. The first kappa shape index (κ1) is 15.7. The summed E-state index contributed by atoms with van der Waals surface area (Å²) in [5.41, 5.74) is 2.14. The number of H-pyrrole nitrogens is 1. The number of carbonyl (C=O) groups is 1. The molecule has 0 aliphatic rings. The van der Waals surface area contributed by atoms with E-state index < -0.39 is 5.97 Å². The van der Waals surface area contributed by atoms with Gasteiger partial charge in [0.05, 0.1) is 13.5 Å². The van der Waals surface area contributed by atoms with Crippen LogP contribution in [0.15, 0.2) is 29.1 Å². The largest absolute Gasteiger partial charge is 0.497 e. The molecule has 0 bridgehead atoms. The van der Waals surface area contributed by atoms with Gasteiger partial charge in [0.15, 0.2) is 5.65 Å².